The Balaban J connectivity index is 4.32. The first-order chi connectivity index (χ1) is 26.5. The number of likely N-dealkylation sites (N-methyl/N-ethyl adjacent to an activating group) is 1. The Morgan fingerprint density at radius 1 is 0.618 bits per heavy atom. The Morgan fingerprint density at radius 3 is 1.42 bits per heavy atom. The van der Waals surface area contributed by atoms with Gasteiger partial charge in [0.2, 0.25) is 5.91 Å². The average molecular weight is 801 g/mol. The number of amides is 1. The number of aliphatic hydroxyl groups excluding tert-OH is 1. The molecule has 8 nitrogen and oxygen atoms in total. The molecule has 0 rings (SSSR count). The van der Waals surface area contributed by atoms with Crippen molar-refractivity contribution < 1.29 is 32.9 Å². The largest absolute Gasteiger partial charge is 0.756 e. The van der Waals surface area contributed by atoms with Gasteiger partial charge < -0.3 is 28.8 Å². The standard InChI is InChI=1S/C46H93N2O6P/c1-6-8-10-12-14-16-18-20-22-23-24-26-28-30-32-34-36-38-40-46(50)47-44(43-54-55(51,52)53-42-41-48(3,4)5)45(49)39-37-35-33-31-29-27-25-21-19-17-15-13-11-9-7-2/h22-23,44-45,49H,6-21,24-43H2,1-5H3,(H-,47,50,51,52)/b23-22-. The summed E-state index contributed by atoms with van der Waals surface area (Å²) in [5.74, 6) is -0.167. The summed E-state index contributed by atoms with van der Waals surface area (Å²) in [6.07, 6.45) is 43.5. The molecule has 0 aromatic rings. The first-order valence-electron chi connectivity index (χ1n) is 23.5. The van der Waals surface area contributed by atoms with E-state index in [1.165, 1.54) is 161 Å². The summed E-state index contributed by atoms with van der Waals surface area (Å²) in [7, 11) is 1.31. The molecule has 0 aliphatic rings. The van der Waals surface area contributed by atoms with E-state index >= 15 is 0 Å². The van der Waals surface area contributed by atoms with Crippen LogP contribution in [0.25, 0.3) is 0 Å². The second kappa shape index (κ2) is 38.7. The second-order valence-corrected chi connectivity index (χ2v) is 18.9. The minimum atomic E-state index is -4.56. The summed E-state index contributed by atoms with van der Waals surface area (Å²) in [6, 6.07) is -0.798. The van der Waals surface area contributed by atoms with Crippen molar-refractivity contribution in [2.45, 2.75) is 238 Å². The van der Waals surface area contributed by atoms with Gasteiger partial charge in [0.1, 0.15) is 13.2 Å². The molecule has 0 aromatic heterocycles. The molecule has 1 amide bonds. The van der Waals surface area contributed by atoms with Crippen molar-refractivity contribution in [3.05, 3.63) is 12.2 Å². The summed E-state index contributed by atoms with van der Waals surface area (Å²) in [5.41, 5.74) is 0. The number of carbonyl (C=O) groups is 1. The van der Waals surface area contributed by atoms with Gasteiger partial charge in [0.15, 0.2) is 0 Å². The highest BCUT2D eigenvalue weighted by Gasteiger charge is 2.24. The summed E-state index contributed by atoms with van der Waals surface area (Å²) < 4.78 is 23.3. The van der Waals surface area contributed by atoms with Crippen LogP contribution in [0.15, 0.2) is 12.2 Å². The number of hydrogen-bond donors (Lipinski definition) is 2. The highest BCUT2D eigenvalue weighted by molar-refractivity contribution is 7.45. The molecule has 3 atom stereocenters. The van der Waals surface area contributed by atoms with Crippen LogP contribution in [-0.4, -0.2) is 68.5 Å². The maximum Gasteiger partial charge on any atom is 0.268 e. The fourth-order valence-corrected chi connectivity index (χ4v) is 7.70. The molecule has 328 valence electrons. The van der Waals surface area contributed by atoms with Gasteiger partial charge in [-0.2, -0.15) is 0 Å². The van der Waals surface area contributed by atoms with Crippen molar-refractivity contribution in [2.75, 3.05) is 40.9 Å². The summed E-state index contributed by atoms with van der Waals surface area (Å²) in [5, 5.41) is 13.9. The van der Waals surface area contributed by atoms with Gasteiger partial charge in [-0.15, -0.1) is 0 Å². The van der Waals surface area contributed by atoms with E-state index in [0.29, 0.717) is 23.9 Å². The fourth-order valence-electron chi connectivity index (χ4n) is 6.98. The average Bonchev–Trinajstić information content (AvgIpc) is 3.13. The zero-order valence-corrected chi connectivity index (χ0v) is 38.0. The summed E-state index contributed by atoms with van der Waals surface area (Å²) in [4.78, 5) is 25.4. The molecule has 0 fully saturated rings. The van der Waals surface area contributed by atoms with E-state index in [-0.39, 0.29) is 19.1 Å². The van der Waals surface area contributed by atoms with Gasteiger partial charge >= 0.3 is 0 Å². The van der Waals surface area contributed by atoms with Crippen LogP contribution in [0.2, 0.25) is 0 Å². The van der Waals surface area contributed by atoms with Gasteiger partial charge in [0.25, 0.3) is 7.82 Å². The highest BCUT2D eigenvalue weighted by atomic mass is 31.2. The van der Waals surface area contributed by atoms with Crippen molar-refractivity contribution >= 4 is 13.7 Å². The Morgan fingerprint density at radius 2 is 1.00 bits per heavy atom. The van der Waals surface area contributed by atoms with Gasteiger partial charge in [-0.05, 0) is 38.5 Å². The Kier molecular flexibility index (Phi) is 38.2. The maximum atomic E-state index is 12.9. The molecule has 0 aliphatic heterocycles. The van der Waals surface area contributed by atoms with Gasteiger partial charge in [-0.25, -0.2) is 0 Å². The minimum absolute atomic E-state index is 0.0133. The first kappa shape index (κ1) is 54.2. The van der Waals surface area contributed by atoms with Crippen molar-refractivity contribution in [3.8, 4) is 0 Å². The fraction of sp³-hybridized carbons (Fsp3) is 0.935. The Labute approximate surface area is 342 Å². The number of quaternary nitrogens is 1. The van der Waals surface area contributed by atoms with Crippen LogP contribution in [-0.2, 0) is 18.4 Å². The monoisotopic (exact) mass is 801 g/mol. The zero-order valence-electron chi connectivity index (χ0n) is 37.1. The van der Waals surface area contributed by atoms with Gasteiger partial charge in [0, 0.05) is 6.42 Å². The molecule has 0 saturated carbocycles. The number of nitrogens with one attached hydrogen (secondary N) is 1. The van der Waals surface area contributed by atoms with Crippen LogP contribution in [0.3, 0.4) is 0 Å². The van der Waals surface area contributed by atoms with E-state index < -0.39 is 20.0 Å². The minimum Gasteiger partial charge on any atom is -0.756 e. The molecule has 0 aliphatic carbocycles. The number of nitrogens with zero attached hydrogens (tertiary/aromatic N) is 1. The van der Waals surface area contributed by atoms with Crippen LogP contribution >= 0.6 is 7.82 Å². The number of phosphoric ester groups is 1. The normalized spacial score (nSPS) is 14.4. The third-order valence-electron chi connectivity index (χ3n) is 10.8. The molecule has 2 N–H and O–H groups in total. The number of unbranched alkanes of at least 4 members (excludes halogenated alkanes) is 28. The number of hydrogen-bond acceptors (Lipinski definition) is 6. The van der Waals surface area contributed by atoms with Crippen molar-refractivity contribution in [2.24, 2.45) is 0 Å². The lowest BCUT2D eigenvalue weighted by Gasteiger charge is -2.30. The Hall–Kier alpha value is -0.760. The van der Waals surface area contributed by atoms with Crippen LogP contribution in [0.1, 0.15) is 226 Å². The molecule has 0 aromatic carbocycles. The number of phosphoric acid groups is 1. The van der Waals surface area contributed by atoms with Crippen molar-refractivity contribution in [1.29, 1.82) is 0 Å². The predicted molar refractivity (Wildman–Crippen MR) is 233 cm³/mol. The van der Waals surface area contributed by atoms with E-state index in [1.54, 1.807) is 0 Å². The van der Waals surface area contributed by atoms with Crippen LogP contribution in [0.5, 0.6) is 0 Å². The smallest absolute Gasteiger partial charge is 0.268 e. The highest BCUT2D eigenvalue weighted by Crippen LogP contribution is 2.38. The molecular formula is C46H93N2O6P. The number of carbonyl (C=O) groups excluding carboxylic acids is 1. The number of rotatable bonds is 43. The quantitative estimate of drug-likeness (QED) is 0.0275. The molecular weight excluding hydrogens is 707 g/mol. The molecule has 55 heavy (non-hydrogen) atoms. The summed E-state index contributed by atoms with van der Waals surface area (Å²) >= 11 is 0. The molecule has 0 radical (unpaired) electrons. The van der Waals surface area contributed by atoms with Crippen molar-refractivity contribution in [3.63, 3.8) is 0 Å². The van der Waals surface area contributed by atoms with E-state index in [4.69, 9.17) is 9.05 Å². The van der Waals surface area contributed by atoms with E-state index in [1.807, 2.05) is 21.1 Å². The lowest BCUT2D eigenvalue weighted by Crippen LogP contribution is -2.46. The van der Waals surface area contributed by atoms with E-state index in [2.05, 4.69) is 31.3 Å². The van der Waals surface area contributed by atoms with Gasteiger partial charge in [-0.1, -0.05) is 193 Å². The third kappa shape index (κ3) is 41.2. The number of allylic oxidation sites excluding steroid dienone is 2. The Bertz CT molecular complexity index is 911. The van der Waals surface area contributed by atoms with Gasteiger partial charge in [0.05, 0.1) is 39.9 Å². The van der Waals surface area contributed by atoms with Gasteiger partial charge in [-0.3, -0.25) is 9.36 Å². The zero-order chi connectivity index (χ0) is 40.7. The third-order valence-corrected chi connectivity index (χ3v) is 11.7. The molecule has 9 heteroatoms. The topological polar surface area (TPSA) is 108 Å². The molecule has 3 unspecified atom stereocenters. The van der Waals surface area contributed by atoms with Crippen LogP contribution < -0.4 is 10.2 Å². The molecule has 0 heterocycles. The number of aliphatic hydroxyl groups is 1. The predicted octanol–water partition coefficient (Wildman–Crippen LogP) is 12.5. The van der Waals surface area contributed by atoms with Crippen LogP contribution in [0, 0.1) is 0 Å². The molecule has 0 bridgehead atoms. The molecule has 0 spiro atoms. The second-order valence-electron chi connectivity index (χ2n) is 17.5. The SMILES string of the molecule is CCCCCCCCC/C=C\CCCCCCCCCC(=O)NC(COP(=O)([O-])OCC[N+](C)(C)C)C(O)CCCCCCCCCCCCCCCCC. The maximum absolute atomic E-state index is 12.9. The van der Waals surface area contributed by atoms with Crippen LogP contribution in [0.4, 0.5) is 0 Å². The first-order valence-corrected chi connectivity index (χ1v) is 25.0. The lowest BCUT2D eigenvalue weighted by molar-refractivity contribution is -0.870. The van der Waals surface area contributed by atoms with E-state index in [0.717, 1.165) is 38.5 Å². The molecule has 0 saturated heterocycles. The van der Waals surface area contributed by atoms with Crippen molar-refractivity contribution in [1.82, 2.24) is 5.32 Å². The lowest BCUT2D eigenvalue weighted by atomic mass is 10.0. The summed E-state index contributed by atoms with van der Waals surface area (Å²) in [6.45, 7) is 4.73. The van der Waals surface area contributed by atoms with E-state index in [9.17, 15) is 19.4 Å².